The largest absolute Gasteiger partial charge is 0.495 e. The van der Waals surface area contributed by atoms with E-state index in [0.717, 1.165) is 0 Å². The summed E-state index contributed by atoms with van der Waals surface area (Å²) >= 11 is 0. The average molecular weight is 230 g/mol. The van der Waals surface area contributed by atoms with E-state index in [0.29, 0.717) is 12.4 Å². The van der Waals surface area contributed by atoms with Crippen LogP contribution in [0.1, 0.15) is 6.92 Å². The molecule has 0 aromatic rings. The van der Waals surface area contributed by atoms with Crippen LogP contribution in [0, 0.1) is 0 Å². The zero-order valence-electron chi connectivity index (χ0n) is 9.44. The van der Waals surface area contributed by atoms with E-state index in [1.165, 1.54) is 14.2 Å². The first-order valence-corrected chi connectivity index (χ1v) is 4.79. The summed E-state index contributed by atoms with van der Waals surface area (Å²) in [6, 6.07) is 0. The summed E-state index contributed by atoms with van der Waals surface area (Å²) in [5.74, 6) is -0.962. The Morgan fingerprint density at radius 1 is 1.38 bits per heavy atom. The highest BCUT2D eigenvalue weighted by Crippen LogP contribution is 2.24. The normalized spacial score (nSPS) is 19.6. The van der Waals surface area contributed by atoms with E-state index >= 15 is 0 Å². The molecule has 0 bridgehead atoms. The van der Waals surface area contributed by atoms with Gasteiger partial charge in [-0.3, -0.25) is 0 Å². The van der Waals surface area contributed by atoms with Gasteiger partial charge in [0.25, 0.3) is 0 Å². The van der Waals surface area contributed by atoms with Crippen LogP contribution in [0.4, 0.5) is 0 Å². The van der Waals surface area contributed by atoms with E-state index < -0.39 is 18.0 Å². The molecule has 0 fully saturated rings. The van der Waals surface area contributed by atoms with Crippen LogP contribution in [-0.4, -0.2) is 45.5 Å². The molecule has 1 rings (SSSR count). The van der Waals surface area contributed by atoms with Gasteiger partial charge in [0.05, 0.1) is 20.8 Å². The second-order valence-corrected chi connectivity index (χ2v) is 2.98. The minimum Gasteiger partial charge on any atom is -0.495 e. The molecule has 1 aliphatic rings. The molecular weight excluding hydrogens is 216 g/mol. The molecule has 16 heavy (non-hydrogen) atoms. The van der Waals surface area contributed by atoms with Crippen molar-refractivity contribution in [3.63, 3.8) is 0 Å². The fraction of sp³-hybridized carbons (Fsp3) is 0.600. The van der Waals surface area contributed by atoms with Gasteiger partial charge in [-0.2, -0.15) is 0 Å². The topological polar surface area (TPSA) is 71.1 Å². The first kappa shape index (κ1) is 12.5. The number of carbonyl (C=O) groups excluding carboxylic acids is 2. The van der Waals surface area contributed by atoms with Gasteiger partial charge in [-0.1, -0.05) is 0 Å². The van der Waals surface area contributed by atoms with E-state index in [1.807, 2.05) is 0 Å². The number of hydrogen-bond donors (Lipinski definition) is 0. The third kappa shape index (κ3) is 2.33. The summed E-state index contributed by atoms with van der Waals surface area (Å²) < 4.78 is 19.4. The highest BCUT2D eigenvalue weighted by Gasteiger charge is 2.39. The summed E-state index contributed by atoms with van der Waals surface area (Å²) in [5.41, 5.74) is 0.0798. The van der Waals surface area contributed by atoms with Crippen LogP contribution >= 0.6 is 0 Å². The van der Waals surface area contributed by atoms with Gasteiger partial charge in [0.2, 0.25) is 0 Å². The Balaban J connectivity index is 2.97. The second-order valence-electron chi connectivity index (χ2n) is 2.98. The standard InChI is InChI=1S/C10H14O6/c1-4-15-6-5-16-8(10(12)14-3)7(6)9(11)13-2/h8H,4-5H2,1-3H3/t8-/m0/s1. The highest BCUT2D eigenvalue weighted by molar-refractivity contribution is 5.98. The molecule has 1 atom stereocenters. The Bertz CT molecular complexity index is 319. The van der Waals surface area contributed by atoms with Gasteiger partial charge in [0, 0.05) is 0 Å². The fourth-order valence-electron chi connectivity index (χ4n) is 1.38. The summed E-state index contributed by atoms with van der Waals surface area (Å²) in [7, 11) is 2.45. The van der Waals surface area contributed by atoms with Crippen molar-refractivity contribution in [1.29, 1.82) is 0 Å². The first-order chi connectivity index (χ1) is 7.65. The van der Waals surface area contributed by atoms with Crippen molar-refractivity contribution in [2.45, 2.75) is 13.0 Å². The molecule has 0 radical (unpaired) electrons. The molecular formula is C10H14O6. The molecule has 0 saturated heterocycles. The van der Waals surface area contributed by atoms with E-state index in [4.69, 9.17) is 9.47 Å². The lowest BCUT2D eigenvalue weighted by atomic mass is 10.1. The van der Waals surface area contributed by atoms with Gasteiger partial charge in [-0.25, -0.2) is 9.59 Å². The predicted molar refractivity (Wildman–Crippen MR) is 52.4 cm³/mol. The lowest BCUT2D eigenvalue weighted by molar-refractivity contribution is -0.152. The van der Waals surface area contributed by atoms with Gasteiger partial charge in [-0.15, -0.1) is 0 Å². The van der Waals surface area contributed by atoms with Crippen LogP contribution in [0.5, 0.6) is 0 Å². The van der Waals surface area contributed by atoms with Gasteiger partial charge < -0.3 is 18.9 Å². The molecule has 0 saturated carbocycles. The van der Waals surface area contributed by atoms with Crippen LogP contribution in [0.15, 0.2) is 11.3 Å². The Kier molecular flexibility index (Phi) is 4.30. The van der Waals surface area contributed by atoms with Crippen molar-refractivity contribution >= 4 is 11.9 Å². The molecule has 0 aromatic heterocycles. The number of rotatable bonds is 4. The number of methoxy groups -OCH3 is 2. The Morgan fingerprint density at radius 2 is 2.06 bits per heavy atom. The van der Waals surface area contributed by atoms with Crippen LogP contribution in [-0.2, 0) is 28.5 Å². The monoisotopic (exact) mass is 230 g/mol. The SMILES string of the molecule is CCOC1=C(C(=O)OC)[C@@H](C(=O)OC)OC1. The Hall–Kier alpha value is -1.56. The summed E-state index contributed by atoms with van der Waals surface area (Å²) in [5, 5.41) is 0. The summed E-state index contributed by atoms with van der Waals surface area (Å²) in [6.45, 7) is 2.22. The molecule has 0 aromatic carbocycles. The van der Waals surface area contributed by atoms with Gasteiger partial charge in [0.15, 0.2) is 6.10 Å². The maximum atomic E-state index is 11.5. The Morgan fingerprint density at radius 3 is 2.56 bits per heavy atom. The van der Waals surface area contributed by atoms with Crippen molar-refractivity contribution in [1.82, 2.24) is 0 Å². The average Bonchev–Trinajstić information content (AvgIpc) is 2.71. The molecule has 0 amide bonds. The Labute approximate surface area is 93.1 Å². The van der Waals surface area contributed by atoms with Crippen molar-refractivity contribution in [2.24, 2.45) is 0 Å². The van der Waals surface area contributed by atoms with Crippen molar-refractivity contribution < 1.29 is 28.5 Å². The first-order valence-electron chi connectivity index (χ1n) is 4.79. The number of esters is 2. The number of ether oxygens (including phenoxy) is 4. The molecule has 0 aliphatic carbocycles. The smallest absolute Gasteiger partial charge is 0.340 e. The van der Waals surface area contributed by atoms with E-state index in [-0.39, 0.29) is 12.2 Å². The zero-order valence-corrected chi connectivity index (χ0v) is 9.44. The maximum Gasteiger partial charge on any atom is 0.340 e. The second kappa shape index (κ2) is 5.50. The van der Waals surface area contributed by atoms with Gasteiger partial charge >= 0.3 is 11.9 Å². The number of carbonyl (C=O) groups is 2. The zero-order chi connectivity index (χ0) is 12.1. The van der Waals surface area contributed by atoms with E-state index in [2.05, 4.69) is 9.47 Å². The molecule has 0 unspecified atom stereocenters. The van der Waals surface area contributed by atoms with Crippen LogP contribution in [0.3, 0.4) is 0 Å². The van der Waals surface area contributed by atoms with Crippen LogP contribution < -0.4 is 0 Å². The van der Waals surface area contributed by atoms with E-state index in [1.54, 1.807) is 6.92 Å². The predicted octanol–water partition coefficient (Wildman–Crippen LogP) is 0.0218. The van der Waals surface area contributed by atoms with Gasteiger partial charge in [-0.05, 0) is 6.92 Å². The molecule has 1 heterocycles. The van der Waals surface area contributed by atoms with Crippen molar-refractivity contribution in [3.8, 4) is 0 Å². The minimum atomic E-state index is -1.06. The third-order valence-electron chi connectivity index (χ3n) is 2.08. The van der Waals surface area contributed by atoms with E-state index in [9.17, 15) is 9.59 Å². The van der Waals surface area contributed by atoms with Crippen molar-refractivity contribution in [2.75, 3.05) is 27.4 Å². The molecule has 6 heteroatoms. The molecule has 0 spiro atoms. The summed E-state index contributed by atoms with van der Waals surface area (Å²) in [4.78, 5) is 22.8. The molecule has 1 aliphatic heterocycles. The fourth-order valence-corrected chi connectivity index (χ4v) is 1.38. The highest BCUT2D eigenvalue weighted by atomic mass is 16.6. The maximum absolute atomic E-state index is 11.5. The quantitative estimate of drug-likeness (QED) is 0.634. The third-order valence-corrected chi connectivity index (χ3v) is 2.08. The van der Waals surface area contributed by atoms with Gasteiger partial charge in [0.1, 0.15) is 17.9 Å². The summed E-state index contributed by atoms with van der Waals surface area (Å²) in [6.07, 6.45) is -1.06. The lowest BCUT2D eigenvalue weighted by Crippen LogP contribution is -2.28. The van der Waals surface area contributed by atoms with Crippen LogP contribution in [0.2, 0.25) is 0 Å². The molecule has 6 nitrogen and oxygen atoms in total. The minimum absolute atomic E-state index is 0.0675. The number of hydrogen-bond acceptors (Lipinski definition) is 6. The molecule has 90 valence electrons. The lowest BCUT2D eigenvalue weighted by Gasteiger charge is -2.10. The van der Waals surface area contributed by atoms with Crippen LogP contribution in [0.25, 0.3) is 0 Å². The molecule has 0 N–H and O–H groups in total. The van der Waals surface area contributed by atoms with Crippen molar-refractivity contribution in [3.05, 3.63) is 11.3 Å².